The van der Waals surface area contributed by atoms with Crippen LogP contribution in [0.25, 0.3) is 10.9 Å². The standard InChI is InChI=1S/C22H24N4OS/c1-13-10-11-15-18-16(13)17(24-25-20(23)28)19(27)26(18)21(2,3)12-22(15,4)14-8-6-5-7-9-14/h5-11,27H,12H2,1-4H3,(H2,23,28). The fourth-order valence-corrected chi connectivity index (χ4v) is 4.92. The molecule has 1 aliphatic heterocycles. The summed E-state index contributed by atoms with van der Waals surface area (Å²) in [6.07, 6.45) is 0.837. The van der Waals surface area contributed by atoms with Crippen LogP contribution < -0.4 is 5.73 Å². The molecule has 3 N–H and O–H groups in total. The summed E-state index contributed by atoms with van der Waals surface area (Å²) in [6.45, 7) is 8.59. The molecule has 6 heteroatoms. The average molecular weight is 393 g/mol. The van der Waals surface area contributed by atoms with E-state index in [1.54, 1.807) is 0 Å². The molecule has 144 valence electrons. The van der Waals surface area contributed by atoms with E-state index in [0.29, 0.717) is 5.69 Å². The number of hydrogen-bond acceptors (Lipinski definition) is 3. The SMILES string of the molecule is Cc1ccc2c3c1c(N=NC(N)=S)c(O)n3C(C)(C)CC2(C)c1ccccc1. The number of thiocarbonyl (C=S) groups is 1. The number of aryl methyl sites for hydroxylation is 1. The van der Waals surface area contributed by atoms with Crippen LogP contribution in [0.4, 0.5) is 5.69 Å². The third-order valence-corrected chi connectivity index (χ3v) is 6.00. The largest absolute Gasteiger partial charge is 0.493 e. The second-order valence-electron chi connectivity index (χ2n) is 8.39. The molecule has 3 aromatic rings. The first-order chi connectivity index (χ1) is 13.2. The van der Waals surface area contributed by atoms with Gasteiger partial charge in [0.25, 0.3) is 0 Å². The molecule has 1 atom stereocenters. The van der Waals surface area contributed by atoms with Crippen LogP contribution in [0, 0.1) is 6.92 Å². The van der Waals surface area contributed by atoms with Crippen molar-refractivity contribution in [3.05, 3.63) is 59.2 Å². The summed E-state index contributed by atoms with van der Waals surface area (Å²) in [5.41, 5.74) is 9.86. The monoisotopic (exact) mass is 392 g/mol. The highest BCUT2D eigenvalue weighted by Crippen LogP contribution is 2.55. The van der Waals surface area contributed by atoms with Crippen molar-refractivity contribution in [1.82, 2.24) is 4.57 Å². The van der Waals surface area contributed by atoms with Crippen molar-refractivity contribution in [2.45, 2.75) is 45.1 Å². The molecule has 28 heavy (non-hydrogen) atoms. The second kappa shape index (κ2) is 6.14. The number of aromatic nitrogens is 1. The van der Waals surface area contributed by atoms with E-state index in [0.717, 1.165) is 22.9 Å². The van der Waals surface area contributed by atoms with Crippen molar-refractivity contribution in [2.75, 3.05) is 0 Å². The molecule has 0 bridgehead atoms. The summed E-state index contributed by atoms with van der Waals surface area (Å²) in [5, 5.41) is 20.0. The van der Waals surface area contributed by atoms with Gasteiger partial charge in [0.1, 0.15) is 0 Å². The Kier molecular flexibility index (Phi) is 4.08. The highest BCUT2D eigenvalue weighted by molar-refractivity contribution is 7.80. The molecule has 5 nitrogen and oxygen atoms in total. The van der Waals surface area contributed by atoms with E-state index in [4.69, 9.17) is 18.0 Å². The molecule has 1 unspecified atom stereocenters. The lowest BCUT2D eigenvalue weighted by molar-refractivity contribution is 0.236. The molecule has 0 saturated carbocycles. The number of aromatic hydroxyl groups is 1. The minimum Gasteiger partial charge on any atom is -0.493 e. The van der Waals surface area contributed by atoms with Crippen molar-refractivity contribution in [3.63, 3.8) is 0 Å². The number of nitrogens with zero attached hydrogens (tertiary/aromatic N) is 3. The van der Waals surface area contributed by atoms with Crippen LogP contribution in [0.15, 0.2) is 52.7 Å². The lowest BCUT2D eigenvalue weighted by Gasteiger charge is -2.45. The molecule has 0 fully saturated rings. The maximum atomic E-state index is 11.1. The molecule has 1 aromatic heterocycles. The highest BCUT2D eigenvalue weighted by atomic mass is 32.1. The number of benzene rings is 2. The van der Waals surface area contributed by atoms with Gasteiger partial charge in [-0.3, -0.25) is 0 Å². The molecule has 0 aliphatic carbocycles. The Morgan fingerprint density at radius 2 is 1.82 bits per heavy atom. The maximum Gasteiger partial charge on any atom is 0.221 e. The van der Waals surface area contributed by atoms with Crippen LogP contribution >= 0.6 is 12.2 Å². The molecule has 2 aromatic carbocycles. The van der Waals surface area contributed by atoms with Gasteiger partial charge in [-0.05, 0) is 56.1 Å². The molecule has 2 heterocycles. The Labute approximate surface area is 169 Å². The predicted octanol–water partition coefficient (Wildman–Crippen LogP) is 5.43. The zero-order valence-electron chi connectivity index (χ0n) is 16.5. The van der Waals surface area contributed by atoms with Crippen molar-refractivity contribution in [3.8, 4) is 5.88 Å². The van der Waals surface area contributed by atoms with Crippen molar-refractivity contribution in [1.29, 1.82) is 0 Å². The van der Waals surface area contributed by atoms with Crippen LogP contribution in [0.3, 0.4) is 0 Å². The zero-order chi connectivity index (χ0) is 20.3. The van der Waals surface area contributed by atoms with Gasteiger partial charge < -0.3 is 15.4 Å². The second-order valence-corrected chi connectivity index (χ2v) is 8.81. The van der Waals surface area contributed by atoms with Gasteiger partial charge in [0.15, 0.2) is 5.69 Å². The summed E-state index contributed by atoms with van der Waals surface area (Å²) in [5.74, 6) is 0.102. The van der Waals surface area contributed by atoms with Crippen LogP contribution in [0.5, 0.6) is 5.88 Å². The minimum atomic E-state index is -0.329. The van der Waals surface area contributed by atoms with Crippen molar-refractivity contribution in [2.24, 2.45) is 16.0 Å². The summed E-state index contributed by atoms with van der Waals surface area (Å²) in [4.78, 5) is 0. The quantitative estimate of drug-likeness (QED) is 0.451. The number of rotatable bonds is 2. The lowest BCUT2D eigenvalue weighted by Crippen LogP contribution is -2.41. The van der Waals surface area contributed by atoms with Gasteiger partial charge in [0.2, 0.25) is 11.0 Å². The summed E-state index contributed by atoms with van der Waals surface area (Å²) in [6, 6.07) is 14.8. The van der Waals surface area contributed by atoms with E-state index in [9.17, 15) is 5.11 Å². The molecule has 0 saturated heterocycles. The zero-order valence-corrected chi connectivity index (χ0v) is 17.3. The predicted molar refractivity (Wildman–Crippen MR) is 116 cm³/mol. The summed E-state index contributed by atoms with van der Waals surface area (Å²) >= 11 is 4.84. The normalized spacial score (nSPS) is 20.7. The van der Waals surface area contributed by atoms with Crippen LogP contribution in [-0.4, -0.2) is 14.8 Å². The number of nitrogens with two attached hydrogens (primary N) is 1. The Morgan fingerprint density at radius 1 is 1.14 bits per heavy atom. The van der Waals surface area contributed by atoms with Crippen LogP contribution in [0.2, 0.25) is 0 Å². The smallest absolute Gasteiger partial charge is 0.221 e. The fourth-order valence-electron chi connectivity index (χ4n) is 4.88. The average Bonchev–Trinajstić information content (AvgIpc) is 2.93. The van der Waals surface area contributed by atoms with Crippen LogP contribution in [-0.2, 0) is 11.0 Å². The number of azo groups is 1. The fraction of sp³-hybridized carbons (Fsp3) is 0.318. The highest BCUT2D eigenvalue weighted by Gasteiger charge is 2.45. The van der Waals surface area contributed by atoms with Crippen molar-refractivity contribution >= 4 is 33.9 Å². The molecule has 0 spiro atoms. The lowest BCUT2D eigenvalue weighted by atomic mass is 9.66. The molecule has 0 radical (unpaired) electrons. The first-order valence-corrected chi connectivity index (χ1v) is 9.72. The Balaban J connectivity index is 2.14. The van der Waals surface area contributed by atoms with E-state index in [1.807, 2.05) is 17.6 Å². The van der Waals surface area contributed by atoms with Gasteiger partial charge in [-0.15, -0.1) is 10.2 Å². The van der Waals surface area contributed by atoms with E-state index in [1.165, 1.54) is 11.1 Å². The van der Waals surface area contributed by atoms with E-state index in [-0.39, 0.29) is 21.9 Å². The Morgan fingerprint density at radius 3 is 2.46 bits per heavy atom. The van der Waals surface area contributed by atoms with Crippen LogP contribution in [0.1, 0.15) is 43.9 Å². The number of hydrogen-bond donors (Lipinski definition) is 2. The Hall–Kier alpha value is -2.73. The van der Waals surface area contributed by atoms with Gasteiger partial charge in [0.05, 0.1) is 5.52 Å². The molecule has 0 amide bonds. The topological polar surface area (TPSA) is 75.9 Å². The van der Waals surface area contributed by atoms with Gasteiger partial charge in [0, 0.05) is 16.3 Å². The molecule has 4 rings (SSSR count). The van der Waals surface area contributed by atoms with Gasteiger partial charge in [-0.1, -0.05) is 49.4 Å². The van der Waals surface area contributed by atoms with E-state index < -0.39 is 0 Å². The summed E-state index contributed by atoms with van der Waals surface area (Å²) < 4.78 is 1.99. The first-order valence-electron chi connectivity index (χ1n) is 9.31. The minimum absolute atomic E-state index is 0.0580. The van der Waals surface area contributed by atoms with Gasteiger partial charge in [-0.25, -0.2) is 0 Å². The molecular weight excluding hydrogens is 368 g/mol. The van der Waals surface area contributed by atoms with Gasteiger partial charge in [-0.2, -0.15) is 0 Å². The van der Waals surface area contributed by atoms with Gasteiger partial charge >= 0.3 is 0 Å². The third kappa shape index (κ3) is 2.55. The van der Waals surface area contributed by atoms with Crippen molar-refractivity contribution < 1.29 is 5.11 Å². The van der Waals surface area contributed by atoms with E-state index in [2.05, 4.69) is 67.4 Å². The first kappa shape index (κ1) is 18.6. The Bertz CT molecular complexity index is 1130. The third-order valence-electron chi connectivity index (χ3n) is 5.92. The summed E-state index contributed by atoms with van der Waals surface area (Å²) in [7, 11) is 0. The molecule has 1 aliphatic rings. The van der Waals surface area contributed by atoms with E-state index >= 15 is 0 Å². The molecular formula is C22H24N4OS. The maximum absolute atomic E-state index is 11.1.